The van der Waals surface area contributed by atoms with Crippen molar-refractivity contribution < 1.29 is 14.3 Å². The molecule has 0 saturated carbocycles. The fraction of sp³-hybridized carbons (Fsp3) is 0.538. The second-order valence-electron chi connectivity index (χ2n) is 8.71. The minimum atomic E-state index is -0.407. The molecule has 0 aromatic rings. The van der Waals surface area contributed by atoms with Crippen LogP contribution in [0.25, 0.3) is 0 Å². The van der Waals surface area contributed by atoms with E-state index < -0.39 is 5.97 Å². The predicted molar refractivity (Wildman–Crippen MR) is 125 cm³/mol. The van der Waals surface area contributed by atoms with Crippen molar-refractivity contribution in [3.8, 4) is 0 Å². The number of carbonyl (C=O) groups is 2. The Bertz CT molecular complexity index is 748. The van der Waals surface area contributed by atoms with Crippen LogP contribution in [-0.4, -0.2) is 25.0 Å². The molecule has 0 aromatic heterocycles. The van der Waals surface area contributed by atoms with Gasteiger partial charge in [-0.3, -0.25) is 9.59 Å². The van der Waals surface area contributed by atoms with Gasteiger partial charge in [-0.2, -0.15) is 0 Å². The second kappa shape index (κ2) is 13.0. The van der Waals surface area contributed by atoms with E-state index in [9.17, 15) is 9.59 Å². The van der Waals surface area contributed by atoms with Crippen LogP contribution in [0, 0.1) is 5.41 Å². The van der Waals surface area contributed by atoms with Crippen LogP contribution >= 0.6 is 0 Å². The zero-order valence-electron chi connectivity index (χ0n) is 19.6. The summed E-state index contributed by atoms with van der Waals surface area (Å²) in [6.45, 7) is 13.1. The van der Waals surface area contributed by atoms with Gasteiger partial charge in [0, 0.05) is 6.08 Å². The molecular formula is C26H39NO3. The minimum Gasteiger partial charge on any atom is -0.464 e. The Morgan fingerprint density at radius 1 is 1.17 bits per heavy atom. The van der Waals surface area contributed by atoms with Gasteiger partial charge in [-0.15, -0.1) is 0 Å². The molecule has 0 aliphatic heterocycles. The molecule has 0 atom stereocenters. The second-order valence-corrected chi connectivity index (χ2v) is 8.71. The Balaban J connectivity index is 2.55. The van der Waals surface area contributed by atoms with E-state index in [2.05, 4.69) is 45.2 Å². The summed E-state index contributed by atoms with van der Waals surface area (Å²) in [6.07, 6.45) is 17.2. The fourth-order valence-corrected chi connectivity index (χ4v) is 3.48. The summed E-state index contributed by atoms with van der Waals surface area (Å²) < 4.78 is 5.01. The number of hydrogen-bond acceptors (Lipinski definition) is 3. The first-order valence-corrected chi connectivity index (χ1v) is 11.0. The zero-order valence-corrected chi connectivity index (χ0v) is 19.6. The Morgan fingerprint density at radius 2 is 1.90 bits per heavy atom. The van der Waals surface area contributed by atoms with Crippen LogP contribution in [0.3, 0.4) is 0 Å². The molecule has 0 aromatic carbocycles. The topological polar surface area (TPSA) is 55.4 Å². The minimum absolute atomic E-state index is 0.106. The van der Waals surface area contributed by atoms with Gasteiger partial charge < -0.3 is 10.1 Å². The highest BCUT2D eigenvalue weighted by Gasteiger charge is 2.26. The van der Waals surface area contributed by atoms with Crippen LogP contribution in [0.2, 0.25) is 0 Å². The van der Waals surface area contributed by atoms with Gasteiger partial charge in [-0.1, -0.05) is 68.7 Å². The van der Waals surface area contributed by atoms with E-state index in [-0.39, 0.29) is 17.9 Å². The lowest BCUT2D eigenvalue weighted by atomic mass is 9.72. The average Bonchev–Trinajstić information content (AvgIpc) is 2.65. The van der Waals surface area contributed by atoms with Gasteiger partial charge >= 0.3 is 5.97 Å². The lowest BCUT2D eigenvalue weighted by Gasteiger charge is -2.32. The monoisotopic (exact) mass is 413 g/mol. The molecule has 30 heavy (non-hydrogen) atoms. The molecule has 4 heteroatoms. The van der Waals surface area contributed by atoms with Gasteiger partial charge in [-0.25, -0.2) is 0 Å². The van der Waals surface area contributed by atoms with Gasteiger partial charge in [0.15, 0.2) is 0 Å². The molecule has 0 unspecified atom stereocenters. The van der Waals surface area contributed by atoms with Crippen LogP contribution in [0.5, 0.6) is 0 Å². The fourth-order valence-electron chi connectivity index (χ4n) is 3.48. The number of hydrogen-bond donors (Lipinski definition) is 1. The first-order chi connectivity index (χ1) is 14.2. The molecule has 4 nitrogen and oxygen atoms in total. The molecule has 0 heterocycles. The number of allylic oxidation sites excluding steroid dienone is 9. The molecule has 0 spiro atoms. The molecule has 1 N–H and O–H groups in total. The van der Waals surface area contributed by atoms with Gasteiger partial charge in [0.25, 0.3) is 0 Å². The van der Waals surface area contributed by atoms with Crippen molar-refractivity contribution in [3.05, 3.63) is 58.7 Å². The van der Waals surface area contributed by atoms with E-state index in [1.165, 1.54) is 36.5 Å². The first kappa shape index (κ1) is 25.7. The molecule has 0 radical (unpaired) electrons. The number of nitrogens with one attached hydrogen (secondary N) is 1. The highest BCUT2D eigenvalue weighted by atomic mass is 16.5. The van der Waals surface area contributed by atoms with Crippen molar-refractivity contribution in [1.82, 2.24) is 5.32 Å². The van der Waals surface area contributed by atoms with Crippen molar-refractivity contribution in [2.75, 3.05) is 13.2 Å². The van der Waals surface area contributed by atoms with Crippen LogP contribution in [-0.2, 0) is 14.3 Å². The van der Waals surface area contributed by atoms with E-state index in [4.69, 9.17) is 4.74 Å². The number of unbranched alkanes of at least 4 members (excludes halogenated alkanes) is 1. The lowest BCUT2D eigenvalue weighted by Crippen LogP contribution is -2.29. The van der Waals surface area contributed by atoms with E-state index >= 15 is 0 Å². The van der Waals surface area contributed by atoms with Crippen molar-refractivity contribution in [2.45, 2.75) is 73.6 Å². The summed E-state index contributed by atoms with van der Waals surface area (Å²) in [6, 6.07) is 0. The Labute approximate surface area is 182 Å². The third kappa shape index (κ3) is 9.91. The Kier molecular flexibility index (Phi) is 11.2. The summed E-state index contributed by atoms with van der Waals surface area (Å²) in [4.78, 5) is 23.4. The SMILES string of the molecule is CCCCOC(=O)CNC(=O)/C=C(C)/C=C/C=C(C)/C=C/C1=C(C)CCCC1(C)C. The standard InChI is InChI=1S/C26H39NO3/c1-7-8-17-30-25(29)19-27-24(28)18-21(3)12-9-11-20(2)14-15-23-22(4)13-10-16-26(23,5)6/h9,11-12,14-15,18H,7-8,10,13,16-17,19H2,1-6H3,(H,27,28)/b12-9+,15-14+,20-11+,21-18+. The van der Waals surface area contributed by atoms with E-state index in [0.29, 0.717) is 6.61 Å². The van der Waals surface area contributed by atoms with Crippen LogP contribution < -0.4 is 5.32 Å². The Hall–Kier alpha value is -2.36. The molecule has 0 bridgehead atoms. The van der Waals surface area contributed by atoms with Gasteiger partial charge in [0.05, 0.1) is 6.61 Å². The quantitative estimate of drug-likeness (QED) is 0.207. The summed E-state index contributed by atoms with van der Waals surface area (Å²) in [5.41, 5.74) is 5.15. The summed E-state index contributed by atoms with van der Waals surface area (Å²) >= 11 is 0. The Morgan fingerprint density at radius 3 is 2.57 bits per heavy atom. The van der Waals surface area contributed by atoms with Crippen molar-refractivity contribution in [3.63, 3.8) is 0 Å². The normalized spacial score (nSPS) is 17.7. The van der Waals surface area contributed by atoms with Gasteiger partial charge in [0.2, 0.25) is 5.91 Å². The van der Waals surface area contributed by atoms with E-state index in [1.807, 2.05) is 32.1 Å². The van der Waals surface area contributed by atoms with E-state index in [1.54, 1.807) is 0 Å². The molecule has 1 aliphatic carbocycles. The number of ether oxygens (including phenoxy) is 1. The van der Waals surface area contributed by atoms with Crippen LogP contribution in [0.4, 0.5) is 0 Å². The van der Waals surface area contributed by atoms with Crippen molar-refractivity contribution in [1.29, 1.82) is 0 Å². The maximum Gasteiger partial charge on any atom is 0.325 e. The molecule has 1 aliphatic rings. The predicted octanol–water partition coefficient (Wildman–Crippen LogP) is 5.98. The lowest BCUT2D eigenvalue weighted by molar-refractivity contribution is -0.143. The van der Waals surface area contributed by atoms with E-state index in [0.717, 1.165) is 24.0 Å². The van der Waals surface area contributed by atoms with Crippen LogP contribution in [0.1, 0.15) is 73.6 Å². The molecule has 0 saturated heterocycles. The molecular weight excluding hydrogens is 374 g/mol. The molecule has 0 fully saturated rings. The third-order valence-electron chi connectivity index (χ3n) is 5.30. The number of amides is 1. The summed E-state index contributed by atoms with van der Waals surface area (Å²) in [5.74, 6) is -0.706. The van der Waals surface area contributed by atoms with Gasteiger partial charge in [0.1, 0.15) is 6.54 Å². The molecule has 166 valence electrons. The summed E-state index contributed by atoms with van der Waals surface area (Å²) in [7, 11) is 0. The zero-order chi connectivity index (χ0) is 22.6. The number of carbonyl (C=O) groups excluding carboxylic acids is 2. The number of rotatable bonds is 10. The first-order valence-electron chi connectivity index (χ1n) is 11.0. The van der Waals surface area contributed by atoms with Crippen LogP contribution in [0.15, 0.2) is 58.7 Å². The average molecular weight is 414 g/mol. The maximum atomic E-state index is 11.9. The summed E-state index contributed by atoms with van der Waals surface area (Å²) in [5, 5.41) is 2.55. The maximum absolute atomic E-state index is 11.9. The highest BCUT2D eigenvalue weighted by molar-refractivity contribution is 5.91. The third-order valence-corrected chi connectivity index (χ3v) is 5.30. The van der Waals surface area contributed by atoms with Crippen molar-refractivity contribution >= 4 is 11.9 Å². The molecule has 1 amide bonds. The van der Waals surface area contributed by atoms with Gasteiger partial charge in [-0.05, 0) is 63.0 Å². The van der Waals surface area contributed by atoms with Crippen molar-refractivity contribution in [2.24, 2.45) is 5.41 Å². The number of esters is 1. The smallest absolute Gasteiger partial charge is 0.325 e. The highest BCUT2D eigenvalue weighted by Crippen LogP contribution is 2.40. The molecule has 1 rings (SSSR count). The largest absolute Gasteiger partial charge is 0.464 e.